The van der Waals surface area contributed by atoms with Gasteiger partial charge in [-0.25, -0.2) is 4.98 Å². The van der Waals surface area contributed by atoms with Gasteiger partial charge in [0.2, 0.25) is 6.29 Å². The van der Waals surface area contributed by atoms with Gasteiger partial charge in [-0.3, -0.25) is 4.79 Å². The summed E-state index contributed by atoms with van der Waals surface area (Å²) in [6.45, 7) is 5.46. The second-order valence-electron chi connectivity index (χ2n) is 5.40. The number of rotatable bonds is 4. The molecule has 2 fully saturated rings. The molecular weight excluding hydrogens is 264 g/mol. The molecule has 0 spiro atoms. The number of hydrogen-bond donors (Lipinski definition) is 1. The van der Waals surface area contributed by atoms with Crippen LogP contribution in [0.15, 0.2) is 6.20 Å². The van der Waals surface area contributed by atoms with E-state index in [1.165, 1.54) is 11.3 Å². The smallest absolute Gasteiger partial charge is 0.263 e. The van der Waals surface area contributed by atoms with Gasteiger partial charge >= 0.3 is 0 Å². The Kier molecular flexibility index (Phi) is 3.32. The molecule has 6 heteroatoms. The molecule has 1 saturated carbocycles. The number of thiazole rings is 1. The van der Waals surface area contributed by atoms with Gasteiger partial charge in [0.05, 0.1) is 19.4 Å². The Morgan fingerprint density at radius 2 is 2.16 bits per heavy atom. The highest BCUT2D eigenvalue weighted by atomic mass is 32.1. The summed E-state index contributed by atoms with van der Waals surface area (Å²) < 4.78 is 10.8. The van der Waals surface area contributed by atoms with Crippen LogP contribution in [0, 0.1) is 5.92 Å². The van der Waals surface area contributed by atoms with E-state index in [0.717, 1.165) is 17.8 Å². The predicted octanol–water partition coefficient (Wildman–Crippen LogP) is 2.11. The van der Waals surface area contributed by atoms with Crippen molar-refractivity contribution in [3.8, 4) is 0 Å². The molecule has 5 nitrogen and oxygen atoms in total. The summed E-state index contributed by atoms with van der Waals surface area (Å²) in [5, 5.41) is 3.86. The Morgan fingerprint density at radius 1 is 1.47 bits per heavy atom. The van der Waals surface area contributed by atoms with Crippen LogP contribution in [0.3, 0.4) is 0 Å². The van der Waals surface area contributed by atoms with Crippen molar-refractivity contribution in [3.63, 3.8) is 0 Å². The number of nitrogens with zero attached hydrogens (tertiary/aromatic N) is 1. The van der Waals surface area contributed by atoms with Crippen LogP contribution in [0.1, 0.15) is 47.7 Å². The van der Waals surface area contributed by atoms with Crippen LogP contribution in [0.5, 0.6) is 0 Å². The summed E-state index contributed by atoms with van der Waals surface area (Å²) in [4.78, 5) is 17.1. The van der Waals surface area contributed by atoms with Crippen molar-refractivity contribution in [2.75, 3.05) is 13.2 Å². The quantitative estimate of drug-likeness (QED) is 0.919. The monoisotopic (exact) mass is 282 g/mol. The first-order valence-corrected chi connectivity index (χ1v) is 7.44. The minimum Gasteiger partial charge on any atom is -0.346 e. The van der Waals surface area contributed by atoms with Crippen LogP contribution >= 0.6 is 11.3 Å². The lowest BCUT2D eigenvalue weighted by molar-refractivity contribution is -0.0442. The summed E-state index contributed by atoms with van der Waals surface area (Å²) in [7, 11) is 0. The number of aromatic nitrogens is 1. The van der Waals surface area contributed by atoms with Crippen molar-refractivity contribution in [2.24, 2.45) is 5.92 Å². The highest BCUT2D eigenvalue weighted by Gasteiger charge is 2.46. The molecule has 1 aromatic heterocycles. The zero-order valence-corrected chi connectivity index (χ0v) is 12.0. The molecule has 1 aromatic rings. The lowest BCUT2D eigenvalue weighted by Gasteiger charge is -2.20. The van der Waals surface area contributed by atoms with Crippen LogP contribution in [0.25, 0.3) is 0 Å². The van der Waals surface area contributed by atoms with E-state index in [2.05, 4.69) is 24.1 Å². The van der Waals surface area contributed by atoms with E-state index in [0.29, 0.717) is 24.0 Å². The highest BCUT2D eigenvalue weighted by Crippen LogP contribution is 2.42. The minimum absolute atomic E-state index is 0.00158. The van der Waals surface area contributed by atoms with Gasteiger partial charge < -0.3 is 14.8 Å². The molecule has 19 heavy (non-hydrogen) atoms. The zero-order valence-electron chi connectivity index (χ0n) is 11.1. The van der Waals surface area contributed by atoms with Crippen LogP contribution in [-0.2, 0) is 9.47 Å². The van der Waals surface area contributed by atoms with Gasteiger partial charge in [0.15, 0.2) is 0 Å². The molecule has 1 N–H and O–H groups in total. The predicted molar refractivity (Wildman–Crippen MR) is 71.0 cm³/mol. The Morgan fingerprint density at radius 3 is 2.74 bits per heavy atom. The SMILES string of the molecule is CC(C)C1(NC(=O)c2cnc(C3OCCO3)s2)CC1. The fourth-order valence-electron chi connectivity index (χ4n) is 2.27. The molecule has 2 heterocycles. The maximum atomic E-state index is 12.2. The van der Waals surface area contributed by atoms with E-state index in [1.54, 1.807) is 6.20 Å². The molecule has 0 radical (unpaired) electrons. The van der Waals surface area contributed by atoms with Gasteiger partial charge in [0, 0.05) is 5.54 Å². The molecule has 2 aliphatic rings. The molecule has 3 rings (SSSR count). The molecule has 0 bridgehead atoms. The maximum Gasteiger partial charge on any atom is 0.263 e. The van der Waals surface area contributed by atoms with E-state index >= 15 is 0 Å². The minimum atomic E-state index is -0.397. The zero-order chi connectivity index (χ0) is 13.5. The summed E-state index contributed by atoms with van der Waals surface area (Å²) in [6.07, 6.45) is 3.34. The first kappa shape index (κ1) is 13.0. The van der Waals surface area contributed by atoms with Crippen molar-refractivity contribution >= 4 is 17.2 Å². The second-order valence-corrected chi connectivity index (χ2v) is 6.46. The number of ether oxygens (including phenoxy) is 2. The molecule has 1 aliphatic heterocycles. The Bertz CT molecular complexity index is 476. The van der Waals surface area contributed by atoms with E-state index in [1.807, 2.05) is 0 Å². The van der Waals surface area contributed by atoms with Gasteiger partial charge in [-0.15, -0.1) is 11.3 Å². The fourth-order valence-corrected chi connectivity index (χ4v) is 3.08. The third-order valence-corrected chi connectivity index (χ3v) is 4.84. The Labute approximate surface area is 116 Å². The van der Waals surface area contributed by atoms with E-state index < -0.39 is 6.29 Å². The average molecular weight is 282 g/mol. The number of amides is 1. The Balaban J connectivity index is 1.67. The first-order valence-electron chi connectivity index (χ1n) is 6.62. The molecule has 1 saturated heterocycles. The normalized spacial score (nSPS) is 21.8. The Hall–Kier alpha value is -0.980. The van der Waals surface area contributed by atoms with E-state index in [4.69, 9.17) is 9.47 Å². The van der Waals surface area contributed by atoms with Crippen molar-refractivity contribution in [3.05, 3.63) is 16.1 Å². The van der Waals surface area contributed by atoms with Crippen molar-refractivity contribution < 1.29 is 14.3 Å². The molecular formula is C13H18N2O3S. The molecule has 0 atom stereocenters. The third kappa shape index (κ3) is 2.52. The lowest BCUT2D eigenvalue weighted by atomic mass is 10.0. The molecule has 1 aliphatic carbocycles. The second kappa shape index (κ2) is 4.85. The van der Waals surface area contributed by atoms with Gasteiger partial charge in [-0.2, -0.15) is 0 Å². The molecule has 1 amide bonds. The summed E-state index contributed by atoms with van der Waals surface area (Å²) in [5.41, 5.74) is 0.00158. The van der Waals surface area contributed by atoms with Crippen LogP contribution in [0.4, 0.5) is 0 Å². The van der Waals surface area contributed by atoms with Gasteiger partial charge in [0.1, 0.15) is 9.88 Å². The van der Waals surface area contributed by atoms with Gasteiger partial charge in [0.25, 0.3) is 5.91 Å². The van der Waals surface area contributed by atoms with Crippen LogP contribution < -0.4 is 5.32 Å². The number of nitrogens with one attached hydrogen (secondary N) is 1. The lowest BCUT2D eigenvalue weighted by Crippen LogP contribution is -2.40. The maximum absolute atomic E-state index is 12.2. The van der Waals surface area contributed by atoms with Crippen molar-refractivity contribution in [1.29, 1.82) is 0 Å². The standard InChI is InChI=1S/C13H18N2O3S/c1-8(2)13(3-4-13)15-10(16)9-7-14-11(19-9)12-17-5-6-18-12/h7-8,12H,3-6H2,1-2H3,(H,15,16). The largest absolute Gasteiger partial charge is 0.346 e. The fraction of sp³-hybridized carbons (Fsp3) is 0.692. The third-order valence-electron chi connectivity index (χ3n) is 3.83. The van der Waals surface area contributed by atoms with E-state index in [9.17, 15) is 4.79 Å². The molecule has 104 valence electrons. The van der Waals surface area contributed by atoms with Crippen LogP contribution in [-0.4, -0.2) is 29.6 Å². The van der Waals surface area contributed by atoms with Crippen LogP contribution in [0.2, 0.25) is 0 Å². The molecule has 0 aromatic carbocycles. The first-order chi connectivity index (χ1) is 9.11. The van der Waals surface area contributed by atoms with Crippen molar-refractivity contribution in [1.82, 2.24) is 10.3 Å². The van der Waals surface area contributed by atoms with Crippen molar-refractivity contribution in [2.45, 2.75) is 38.5 Å². The number of hydrogen-bond acceptors (Lipinski definition) is 5. The number of carbonyl (C=O) groups excluding carboxylic acids is 1. The van der Waals surface area contributed by atoms with E-state index in [-0.39, 0.29) is 11.4 Å². The summed E-state index contributed by atoms with van der Waals surface area (Å²) >= 11 is 1.35. The molecule has 0 unspecified atom stereocenters. The average Bonchev–Trinajstić information content (AvgIpc) is 2.87. The number of carbonyl (C=O) groups is 1. The van der Waals surface area contributed by atoms with Gasteiger partial charge in [-0.05, 0) is 18.8 Å². The summed E-state index contributed by atoms with van der Waals surface area (Å²) in [5.74, 6) is 0.429. The summed E-state index contributed by atoms with van der Waals surface area (Å²) in [6, 6.07) is 0. The topological polar surface area (TPSA) is 60.5 Å². The van der Waals surface area contributed by atoms with Gasteiger partial charge in [-0.1, -0.05) is 13.8 Å². The highest BCUT2D eigenvalue weighted by molar-refractivity contribution is 7.13.